The van der Waals surface area contributed by atoms with Crippen LogP contribution in [0.1, 0.15) is 45.5 Å². The molecule has 33 heavy (non-hydrogen) atoms. The van der Waals surface area contributed by atoms with Crippen LogP contribution in [0.3, 0.4) is 0 Å². The van der Waals surface area contributed by atoms with Crippen LogP contribution >= 0.6 is 23.3 Å². The lowest BCUT2D eigenvalue weighted by Gasteiger charge is -2.13. The van der Waals surface area contributed by atoms with Crippen LogP contribution in [0.5, 0.6) is 0 Å². The minimum atomic E-state index is -0.294. The molecule has 1 aromatic carbocycles. The first-order valence-corrected chi connectivity index (χ1v) is 13.2. The molecule has 0 saturated carbocycles. The van der Waals surface area contributed by atoms with Gasteiger partial charge >= 0.3 is 0 Å². The van der Waals surface area contributed by atoms with E-state index in [0.717, 1.165) is 47.3 Å². The first kappa shape index (κ1) is 23.9. The first-order chi connectivity index (χ1) is 15.9. The minimum Gasteiger partial charge on any atom is -0.350 e. The molecule has 3 aromatic rings. The molecule has 1 aliphatic rings. The molecule has 3 N–H and O–H groups in total. The number of thiazole rings is 1. The molecular weight excluding hydrogens is 455 g/mol. The Kier molecular flexibility index (Phi) is 7.51. The van der Waals surface area contributed by atoms with Crippen molar-refractivity contribution in [3.05, 3.63) is 41.3 Å². The summed E-state index contributed by atoms with van der Waals surface area (Å²) in [6, 6.07) is 7.61. The molecule has 1 saturated heterocycles. The Hall–Kier alpha value is -2.23. The Morgan fingerprint density at radius 3 is 2.82 bits per heavy atom. The Bertz CT molecular complexity index is 1090. The lowest BCUT2D eigenvalue weighted by Crippen LogP contribution is -2.23. The molecule has 4 rings (SSSR count). The third kappa shape index (κ3) is 5.65. The fourth-order valence-electron chi connectivity index (χ4n) is 3.54. The maximum Gasteiger partial charge on any atom is 0.223 e. The average Bonchev–Trinajstić information content (AvgIpc) is 3.45. The Morgan fingerprint density at radius 1 is 1.24 bits per heavy atom. The van der Waals surface area contributed by atoms with Gasteiger partial charge in [0.05, 0.1) is 27.0 Å². The highest BCUT2D eigenvalue weighted by molar-refractivity contribution is 8.00. The number of nitrogens with one attached hydrogen (secondary N) is 3. The van der Waals surface area contributed by atoms with Crippen LogP contribution in [0.25, 0.3) is 21.8 Å². The maximum absolute atomic E-state index is 15.6. The molecule has 3 heterocycles. The largest absolute Gasteiger partial charge is 0.350 e. The highest BCUT2D eigenvalue weighted by Crippen LogP contribution is 2.42. The topological polar surface area (TPSA) is 74.8 Å². The van der Waals surface area contributed by atoms with Crippen molar-refractivity contribution in [3.8, 4) is 21.8 Å². The van der Waals surface area contributed by atoms with Crippen molar-refractivity contribution in [2.75, 3.05) is 28.9 Å². The van der Waals surface area contributed by atoms with Crippen LogP contribution < -0.4 is 15.4 Å². The number of halogens is 1. The van der Waals surface area contributed by atoms with E-state index in [1.807, 2.05) is 12.1 Å². The second kappa shape index (κ2) is 10.4. The Balaban J connectivity index is 1.75. The molecular formula is C24H31FN6S2. The van der Waals surface area contributed by atoms with E-state index < -0.39 is 0 Å². The van der Waals surface area contributed by atoms with E-state index in [1.165, 1.54) is 11.9 Å². The molecule has 1 aliphatic heterocycles. The monoisotopic (exact) mass is 486 g/mol. The SMILES string of the molecule is CCCSNc1cccc(-c2nc(C(C)(C)C)sc2-c2ccnc(NC3CCNC3)n2)c1F. The fraction of sp³-hybridized carbons (Fsp3) is 0.458. The lowest BCUT2D eigenvalue weighted by atomic mass is 9.98. The molecule has 0 amide bonds. The zero-order valence-electron chi connectivity index (χ0n) is 19.5. The van der Waals surface area contributed by atoms with Crippen LogP contribution in [0.2, 0.25) is 0 Å². The standard InChI is InChI=1S/C24H31FN6S2/c1-5-13-32-31-17-8-6-7-16(19(17)25)20-21(33-22(30-20)24(2,3)4)18-10-12-27-23(29-18)28-15-9-11-26-14-15/h6-8,10,12,15,26,31H,5,9,11,13-14H2,1-4H3,(H,27,28,29). The Morgan fingerprint density at radius 2 is 2.09 bits per heavy atom. The van der Waals surface area contributed by atoms with Gasteiger partial charge in [-0.15, -0.1) is 11.3 Å². The summed E-state index contributed by atoms with van der Waals surface area (Å²) in [6.07, 6.45) is 3.81. The number of nitrogens with zero attached hydrogens (tertiary/aromatic N) is 3. The normalized spacial score (nSPS) is 16.2. The van der Waals surface area contributed by atoms with Gasteiger partial charge in [-0.1, -0.05) is 45.7 Å². The van der Waals surface area contributed by atoms with E-state index in [-0.39, 0.29) is 11.2 Å². The van der Waals surface area contributed by atoms with Crippen LogP contribution in [0.15, 0.2) is 30.5 Å². The van der Waals surface area contributed by atoms with Crippen molar-refractivity contribution in [2.45, 2.75) is 52.0 Å². The van der Waals surface area contributed by atoms with E-state index in [4.69, 9.17) is 9.97 Å². The van der Waals surface area contributed by atoms with E-state index >= 15 is 4.39 Å². The molecule has 1 atom stereocenters. The average molecular weight is 487 g/mol. The maximum atomic E-state index is 15.6. The molecule has 0 spiro atoms. The van der Waals surface area contributed by atoms with Crippen LogP contribution in [0.4, 0.5) is 16.0 Å². The van der Waals surface area contributed by atoms with Gasteiger partial charge in [-0.05, 0) is 37.6 Å². The summed E-state index contributed by atoms with van der Waals surface area (Å²) in [6.45, 7) is 10.4. The van der Waals surface area contributed by atoms with Gasteiger partial charge in [-0.3, -0.25) is 0 Å². The van der Waals surface area contributed by atoms with E-state index in [0.29, 0.717) is 28.9 Å². The van der Waals surface area contributed by atoms with E-state index in [1.54, 1.807) is 29.7 Å². The van der Waals surface area contributed by atoms with Gasteiger partial charge in [0, 0.05) is 35.5 Å². The van der Waals surface area contributed by atoms with Gasteiger partial charge in [0.2, 0.25) is 5.95 Å². The van der Waals surface area contributed by atoms with Gasteiger partial charge in [0.15, 0.2) is 5.82 Å². The van der Waals surface area contributed by atoms with Crippen molar-refractivity contribution in [1.29, 1.82) is 0 Å². The summed E-state index contributed by atoms with van der Waals surface area (Å²) in [5.41, 5.74) is 2.16. The van der Waals surface area contributed by atoms with Crippen LogP contribution in [-0.4, -0.2) is 39.8 Å². The second-order valence-electron chi connectivity index (χ2n) is 9.16. The summed E-state index contributed by atoms with van der Waals surface area (Å²) >= 11 is 3.08. The molecule has 0 bridgehead atoms. The predicted molar refractivity (Wildman–Crippen MR) is 139 cm³/mol. The van der Waals surface area contributed by atoms with Gasteiger partial charge in [0.1, 0.15) is 0 Å². The molecule has 1 unspecified atom stereocenters. The molecule has 1 fully saturated rings. The quantitative estimate of drug-likeness (QED) is 0.268. The molecule has 9 heteroatoms. The number of hydrogen-bond acceptors (Lipinski definition) is 8. The van der Waals surface area contributed by atoms with Gasteiger partial charge in [-0.25, -0.2) is 19.3 Å². The van der Waals surface area contributed by atoms with E-state index in [9.17, 15) is 0 Å². The van der Waals surface area contributed by atoms with Crippen LogP contribution in [0, 0.1) is 5.82 Å². The van der Waals surface area contributed by atoms with Crippen LogP contribution in [-0.2, 0) is 5.41 Å². The lowest BCUT2D eigenvalue weighted by molar-refractivity contribution is 0.585. The summed E-state index contributed by atoms with van der Waals surface area (Å²) in [5, 5.41) is 7.70. The minimum absolute atomic E-state index is 0.162. The summed E-state index contributed by atoms with van der Waals surface area (Å²) in [4.78, 5) is 15.0. The van der Waals surface area contributed by atoms with E-state index in [2.05, 4.69) is 48.0 Å². The van der Waals surface area contributed by atoms with Crippen molar-refractivity contribution in [1.82, 2.24) is 20.3 Å². The van der Waals surface area contributed by atoms with Crippen molar-refractivity contribution >= 4 is 34.9 Å². The third-order valence-electron chi connectivity index (χ3n) is 5.29. The fourth-order valence-corrected chi connectivity index (χ4v) is 5.26. The molecule has 176 valence electrons. The summed E-state index contributed by atoms with van der Waals surface area (Å²) in [7, 11) is 0. The summed E-state index contributed by atoms with van der Waals surface area (Å²) < 4.78 is 18.7. The first-order valence-electron chi connectivity index (χ1n) is 11.4. The smallest absolute Gasteiger partial charge is 0.223 e. The number of hydrogen-bond donors (Lipinski definition) is 3. The highest BCUT2D eigenvalue weighted by Gasteiger charge is 2.26. The number of rotatable bonds is 8. The molecule has 2 aromatic heterocycles. The molecule has 6 nitrogen and oxygen atoms in total. The Labute approximate surface area is 203 Å². The zero-order valence-corrected chi connectivity index (χ0v) is 21.2. The summed E-state index contributed by atoms with van der Waals surface area (Å²) in [5.74, 6) is 1.20. The predicted octanol–water partition coefficient (Wildman–Crippen LogP) is 5.95. The number of anilines is 2. The number of aromatic nitrogens is 3. The van der Waals surface area contributed by atoms with Gasteiger partial charge in [-0.2, -0.15) is 0 Å². The van der Waals surface area contributed by atoms with Crippen molar-refractivity contribution in [2.24, 2.45) is 0 Å². The highest BCUT2D eigenvalue weighted by atomic mass is 32.2. The van der Waals surface area contributed by atoms with Crippen molar-refractivity contribution in [3.63, 3.8) is 0 Å². The molecule has 0 radical (unpaired) electrons. The van der Waals surface area contributed by atoms with Gasteiger partial charge < -0.3 is 15.4 Å². The third-order valence-corrected chi connectivity index (χ3v) is 7.77. The number of benzene rings is 1. The zero-order chi connectivity index (χ0) is 23.4. The molecule has 0 aliphatic carbocycles. The van der Waals surface area contributed by atoms with Crippen molar-refractivity contribution < 1.29 is 4.39 Å². The van der Waals surface area contributed by atoms with Gasteiger partial charge in [0.25, 0.3) is 0 Å². The second-order valence-corrected chi connectivity index (χ2v) is 11.1.